The summed E-state index contributed by atoms with van der Waals surface area (Å²) in [5.41, 5.74) is 0.263. The van der Waals surface area contributed by atoms with Crippen molar-refractivity contribution in [2.75, 3.05) is 72.6 Å². The summed E-state index contributed by atoms with van der Waals surface area (Å²) in [7, 11) is 1.95. The van der Waals surface area contributed by atoms with Crippen LogP contribution < -0.4 is 5.32 Å². The number of halogens is 1. The SMILES string of the molecule is CN=C(NCC1(N2CCCC2)CCOCC1)N1CCC(CN2CCCC2)C1.I. The summed E-state index contributed by atoms with van der Waals surface area (Å²) in [6.45, 7) is 11.5. The first-order valence-corrected chi connectivity index (χ1v) is 11.3. The van der Waals surface area contributed by atoms with Crippen LogP contribution in [0, 0.1) is 5.92 Å². The van der Waals surface area contributed by atoms with E-state index in [4.69, 9.17) is 4.74 Å². The topological polar surface area (TPSA) is 43.3 Å². The van der Waals surface area contributed by atoms with Crippen molar-refractivity contribution in [1.82, 2.24) is 20.0 Å². The molecule has 0 aromatic heterocycles. The molecule has 0 amide bonds. The first kappa shape index (κ1) is 22.6. The van der Waals surface area contributed by atoms with E-state index in [9.17, 15) is 0 Å². The second kappa shape index (κ2) is 10.8. The quantitative estimate of drug-likeness (QED) is 0.353. The van der Waals surface area contributed by atoms with E-state index in [-0.39, 0.29) is 29.5 Å². The highest BCUT2D eigenvalue weighted by Crippen LogP contribution is 2.31. The van der Waals surface area contributed by atoms with E-state index in [1.54, 1.807) is 0 Å². The van der Waals surface area contributed by atoms with Crippen molar-refractivity contribution in [2.45, 2.75) is 50.5 Å². The third-order valence-corrected chi connectivity index (χ3v) is 7.29. The van der Waals surface area contributed by atoms with Crippen molar-refractivity contribution >= 4 is 29.9 Å². The zero-order valence-electron chi connectivity index (χ0n) is 17.7. The summed E-state index contributed by atoms with van der Waals surface area (Å²) in [6.07, 6.45) is 9.08. The predicted octanol–water partition coefficient (Wildman–Crippen LogP) is 2.24. The van der Waals surface area contributed by atoms with E-state index >= 15 is 0 Å². The molecule has 6 nitrogen and oxygen atoms in total. The molecule has 7 heteroatoms. The van der Waals surface area contributed by atoms with Gasteiger partial charge in [0.05, 0.1) is 0 Å². The molecule has 0 saturated carbocycles. The van der Waals surface area contributed by atoms with Crippen LogP contribution in [0.15, 0.2) is 4.99 Å². The Labute approximate surface area is 188 Å². The summed E-state index contributed by atoms with van der Waals surface area (Å²) in [4.78, 5) is 12.5. The normalized spacial score (nSPS) is 29.2. The van der Waals surface area contributed by atoms with Crippen molar-refractivity contribution in [3.8, 4) is 0 Å². The maximum absolute atomic E-state index is 5.69. The lowest BCUT2D eigenvalue weighted by Gasteiger charge is -2.45. The lowest BCUT2D eigenvalue weighted by atomic mass is 9.88. The third-order valence-electron chi connectivity index (χ3n) is 7.29. The molecular weight excluding hydrogens is 465 g/mol. The molecule has 4 saturated heterocycles. The first-order chi connectivity index (χ1) is 13.3. The Morgan fingerprint density at radius 3 is 2.39 bits per heavy atom. The summed E-state index contributed by atoms with van der Waals surface area (Å²) in [6, 6.07) is 0. The fourth-order valence-corrected chi connectivity index (χ4v) is 5.63. The minimum atomic E-state index is 0. The van der Waals surface area contributed by atoms with Gasteiger partial charge in [-0.2, -0.15) is 0 Å². The number of ether oxygens (including phenoxy) is 1. The van der Waals surface area contributed by atoms with Gasteiger partial charge in [0.25, 0.3) is 0 Å². The maximum Gasteiger partial charge on any atom is 0.193 e. The van der Waals surface area contributed by atoms with E-state index in [1.807, 2.05) is 7.05 Å². The second-order valence-corrected chi connectivity index (χ2v) is 9.04. The van der Waals surface area contributed by atoms with Gasteiger partial charge in [-0.25, -0.2) is 0 Å². The van der Waals surface area contributed by atoms with Gasteiger partial charge in [-0.15, -0.1) is 24.0 Å². The van der Waals surface area contributed by atoms with Gasteiger partial charge in [0.1, 0.15) is 0 Å². The summed E-state index contributed by atoms with van der Waals surface area (Å²) < 4.78 is 5.69. The lowest BCUT2D eigenvalue weighted by Crippen LogP contribution is -2.58. The molecule has 0 aliphatic carbocycles. The van der Waals surface area contributed by atoms with Crippen molar-refractivity contribution in [2.24, 2.45) is 10.9 Å². The van der Waals surface area contributed by atoms with Gasteiger partial charge in [0.15, 0.2) is 5.96 Å². The Bertz CT molecular complexity index is 499. The van der Waals surface area contributed by atoms with E-state index in [1.165, 1.54) is 64.8 Å². The highest BCUT2D eigenvalue weighted by Gasteiger charge is 2.40. The van der Waals surface area contributed by atoms with Crippen LogP contribution in [0.5, 0.6) is 0 Å². The van der Waals surface area contributed by atoms with Crippen LogP contribution in [0.25, 0.3) is 0 Å². The Kier molecular flexibility index (Phi) is 8.68. The van der Waals surface area contributed by atoms with Crippen LogP contribution in [0.3, 0.4) is 0 Å². The molecular formula is C21H40IN5O. The van der Waals surface area contributed by atoms with Gasteiger partial charge in [0.2, 0.25) is 0 Å². The fourth-order valence-electron chi connectivity index (χ4n) is 5.63. The van der Waals surface area contributed by atoms with E-state index in [0.29, 0.717) is 0 Å². The molecule has 0 spiro atoms. The number of aliphatic imine (C=N–C) groups is 1. The zero-order chi connectivity index (χ0) is 18.5. The molecule has 28 heavy (non-hydrogen) atoms. The largest absolute Gasteiger partial charge is 0.381 e. The molecule has 0 aromatic rings. The molecule has 1 N–H and O–H groups in total. The minimum Gasteiger partial charge on any atom is -0.381 e. The second-order valence-electron chi connectivity index (χ2n) is 9.04. The third kappa shape index (κ3) is 5.32. The van der Waals surface area contributed by atoms with Crippen molar-refractivity contribution in [3.63, 3.8) is 0 Å². The van der Waals surface area contributed by atoms with Gasteiger partial charge >= 0.3 is 0 Å². The van der Waals surface area contributed by atoms with Crippen LogP contribution in [-0.2, 0) is 4.74 Å². The average Bonchev–Trinajstić information content (AvgIpc) is 3.47. The minimum absolute atomic E-state index is 0. The number of likely N-dealkylation sites (tertiary alicyclic amines) is 3. The molecule has 0 bridgehead atoms. The Morgan fingerprint density at radius 2 is 1.71 bits per heavy atom. The van der Waals surface area contributed by atoms with Crippen LogP contribution in [0.2, 0.25) is 0 Å². The number of nitrogens with one attached hydrogen (secondary N) is 1. The Morgan fingerprint density at radius 1 is 1.04 bits per heavy atom. The van der Waals surface area contributed by atoms with Gasteiger partial charge in [0, 0.05) is 52.0 Å². The van der Waals surface area contributed by atoms with Gasteiger partial charge in [-0.3, -0.25) is 9.89 Å². The molecule has 4 rings (SSSR count). The van der Waals surface area contributed by atoms with Crippen LogP contribution in [0.1, 0.15) is 44.9 Å². The summed E-state index contributed by atoms with van der Waals surface area (Å²) in [5.74, 6) is 1.92. The van der Waals surface area contributed by atoms with Crippen molar-refractivity contribution in [3.05, 3.63) is 0 Å². The van der Waals surface area contributed by atoms with E-state index in [2.05, 4.69) is 25.0 Å². The Balaban J connectivity index is 0.00000225. The first-order valence-electron chi connectivity index (χ1n) is 11.3. The number of guanidine groups is 1. The molecule has 1 atom stereocenters. The molecule has 4 heterocycles. The molecule has 4 fully saturated rings. The molecule has 0 radical (unpaired) electrons. The number of hydrogen-bond donors (Lipinski definition) is 1. The van der Waals surface area contributed by atoms with Crippen molar-refractivity contribution < 1.29 is 4.74 Å². The standard InChI is InChI=1S/C21H39N5O.HI/c1-22-20(25-13-6-19(17-25)16-24-9-2-3-10-24)23-18-21(7-14-27-15-8-21)26-11-4-5-12-26;/h19H,2-18H2,1H3,(H,22,23);1H. The van der Waals surface area contributed by atoms with Gasteiger partial charge in [-0.05, 0) is 77.0 Å². The number of nitrogens with zero attached hydrogens (tertiary/aromatic N) is 4. The maximum atomic E-state index is 5.69. The fraction of sp³-hybridized carbons (Fsp3) is 0.952. The van der Waals surface area contributed by atoms with Crippen LogP contribution in [-0.4, -0.2) is 98.8 Å². The van der Waals surface area contributed by atoms with Crippen LogP contribution in [0.4, 0.5) is 0 Å². The number of hydrogen-bond acceptors (Lipinski definition) is 4. The average molecular weight is 505 g/mol. The van der Waals surface area contributed by atoms with Gasteiger partial charge in [-0.1, -0.05) is 0 Å². The van der Waals surface area contributed by atoms with Crippen molar-refractivity contribution in [1.29, 1.82) is 0 Å². The lowest BCUT2D eigenvalue weighted by molar-refractivity contribution is -0.0166. The molecule has 4 aliphatic rings. The molecule has 4 aliphatic heterocycles. The van der Waals surface area contributed by atoms with E-state index < -0.39 is 0 Å². The molecule has 0 aromatic carbocycles. The predicted molar refractivity (Wildman–Crippen MR) is 126 cm³/mol. The highest BCUT2D eigenvalue weighted by molar-refractivity contribution is 14.0. The summed E-state index contributed by atoms with van der Waals surface area (Å²) >= 11 is 0. The molecule has 162 valence electrons. The van der Waals surface area contributed by atoms with Crippen LogP contribution >= 0.6 is 24.0 Å². The monoisotopic (exact) mass is 505 g/mol. The van der Waals surface area contributed by atoms with E-state index in [0.717, 1.165) is 57.6 Å². The zero-order valence-corrected chi connectivity index (χ0v) is 20.0. The Hall–Kier alpha value is -0.120. The highest BCUT2D eigenvalue weighted by atomic mass is 127. The summed E-state index contributed by atoms with van der Waals surface area (Å²) in [5, 5.41) is 3.78. The number of rotatable bonds is 5. The molecule has 1 unspecified atom stereocenters. The van der Waals surface area contributed by atoms with Gasteiger partial charge < -0.3 is 19.9 Å². The smallest absolute Gasteiger partial charge is 0.193 e.